The highest BCUT2D eigenvalue weighted by molar-refractivity contribution is 7.86. The van der Waals surface area contributed by atoms with Crippen LogP contribution >= 0.6 is 0 Å². The fourth-order valence-corrected chi connectivity index (χ4v) is 4.79. The van der Waals surface area contributed by atoms with Gasteiger partial charge in [0.2, 0.25) is 0 Å². The van der Waals surface area contributed by atoms with Gasteiger partial charge in [0.05, 0.1) is 15.9 Å². The molecule has 2 atom stereocenters. The summed E-state index contributed by atoms with van der Waals surface area (Å²) in [6, 6.07) is 18.3. The lowest BCUT2D eigenvalue weighted by molar-refractivity contribution is 0.0700. The maximum absolute atomic E-state index is 13.1. The Morgan fingerprint density at radius 3 is 1.79 bits per heavy atom. The van der Waals surface area contributed by atoms with Crippen LogP contribution in [0.1, 0.15) is 29.5 Å². The maximum Gasteiger partial charge on any atom is 0.294 e. The van der Waals surface area contributed by atoms with Crippen molar-refractivity contribution in [1.29, 1.82) is 0 Å². The van der Waals surface area contributed by atoms with E-state index in [-0.39, 0.29) is 15.6 Å². The zero-order valence-corrected chi connectivity index (χ0v) is 25.2. The van der Waals surface area contributed by atoms with Gasteiger partial charge < -0.3 is 20.9 Å². The Hall–Kier alpha value is -2.75. The fourth-order valence-electron chi connectivity index (χ4n) is 3.83. The van der Waals surface area contributed by atoms with Crippen molar-refractivity contribution in [3.05, 3.63) is 95.3 Å². The molecule has 0 radical (unpaired) electrons. The minimum atomic E-state index is -4.02. The summed E-state index contributed by atoms with van der Waals surface area (Å²) in [5.74, 6) is -0.274. The van der Waals surface area contributed by atoms with Crippen LogP contribution in [0.3, 0.4) is 0 Å². The topological polar surface area (TPSA) is 176 Å². The molecule has 1 heterocycles. The van der Waals surface area contributed by atoms with E-state index < -0.39 is 32.4 Å². The van der Waals surface area contributed by atoms with Gasteiger partial charge in [0, 0.05) is 31.8 Å². The molecule has 10 nitrogen and oxygen atoms in total. The van der Waals surface area contributed by atoms with Crippen molar-refractivity contribution < 1.29 is 40.2 Å². The highest BCUT2D eigenvalue weighted by atomic mass is 32.2. The van der Waals surface area contributed by atoms with Gasteiger partial charge in [0.15, 0.2) is 0 Å². The van der Waals surface area contributed by atoms with E-state index in [0.29, 0.717) is 19.0 Å². The molecule has 13 heteroatoms. The largest absolute Gasteiger partial charge is 0.390 e. The second kappa shape index (κ2) is 16.8. The standard InChI is InChI=1S/C15H23FN2O2.2C7H8O3S/c16-12-3-1-2-11(8-12)9-14(17)15(19)10-18-13-4-6-20-7-5-13;2*1-6-2-4-7(5-3-6)11(8,9)10/h1-3,8,13-15,18-19H,4-7,9-10,17H2;2*2-5H,1H3,(H,8,9,10)/t14-,15+;;/m0../s1. The van der Waals surface area contributed by atoms with Crippen LogP contribution in [0.15, 0.2) is 82.6 Å². The lowest BCUT2D eigenvalue weighted by atomic mass is 10.0. The van der Waals surface area contributed by atoms with E-state index in [4.69, 9.17) is 19.6 Å². The molecule has 1 saturated heterocycles. The van der Waals surface area contributed by atoms with Crippen LogP contribution in [0, 0.1) is 19.7 Å². The summed E-state index contributed by atoms with van der Waals surface area (Å²) >= 11 is 0. The predicted molar refractivity (Wildman–Crippen MR) is 158 cm³/mol. The van der Waals surface area contributed by atoms with Crippen LogP contribution in [-0.2, 0) is 31.4 Å². The van der Waals surface area contributed by atoms with E-state index in [2.05, 4.69) is 5.32 Å². The van der Waals surface area contributed by atoms with Crippen LogP contribution < -0.4 is 11.1 Å². The number of nitrogens with two attached hydrogens (primary N) is 1. The minimum absolute atomic E-state index is 0.0666. The van der Waals surface area contributed by atoms with Crippen molar-refractivity contribution in [2.75, 3.05) is 19.8 Å². The molecule has 6 N–H and O–H groups in total. The Bertz CT molecular complexity index is 1370. The Labute approximate surface area is 247 Å². The zero-order valence-electron chi connectivity index (χ0n) is 23.6. The van der Waals surface area contributed by atoms with Gasteiger partial charge in [-0.3, -0.25) is 9.11 Å². The molecule has 42 heavy (non-hydrogen) atoms. The predicted octanol–water partition coefficient (Wildman–Crippen LogP) is 3.31. The molecule has 0 amide bonds. The SMILES string of the molecule is Cc1ccc(S(=O)(=O)O)cc1.Cc1ccc(S(=O)(=O)O)cc1.N[C@@H](Cc1cccc(F)c1)[C@H](O)CNC1CCOCC1. The number of nitrogens with one attached hydrogen (secondary N) is 1. The summed E-state index contributed by atoms with van der Waals surface area (Å²) in [6.07, 6.45) is 1.76. The lowest BCUT2D eigenvalue weighted by Crippen LogP contribution is -2.46. The van der Waals surface area contributed by atoms with Crippen LogP contribution in [-0.4, -0.2) is 69.0 Å². The van der Waals surface area contributed by atoms with Crippen LogP contribution in [0.25, 0.3) is 0 Å². The van der Waals surface area contributed by atoms with Crippen molar-refractivity contribution in [2.45, 2.75) is 61.1 Å². The number of aryl methyl sites for hydroxylation is 2. The van der Waals surface area contributed by atoms with Crippen LogP contribution in [0.5, 0.6) is 0 Å². The highest BCUT2D eigenvalue weighted by Crippen LogP contribution is 2.11. The first-order valence-corrected chi connectivity index (χ1v) is 16.1. The van der Waals surface area contributed by atoms with E-state index in [1.54, 1.807) is 30.3 Å². The Morgan fingerprint density at radius 1 is 0.881 bits per heavy atom. The van der Waals surface area contributed by atoms with Crippen LogP contribution in [0.2, 0.25) is 0 Å². The molecule has 1 aliphatic rings. The van der Waals surface area contributed by atoms with Crippen molar-refractivity contribution in [3.8, 4) is 0 Å². The average molecular weight is 627 g/mol. The van der Waals surface area contributed by atoms with Gasteiger partial charge in [-0.25, -0.2) is 4.39 Å². The normalized spacial score (nSPS) is 15.4. The van der Waals surface area contributed by atoms with Gasteiger partial charge in [0.25, 0.3) is 20.2 Å². The van der Waals surface area contributed by atoms with Gasteiger partial charge in [-0.1, -0.05) is 47.5 Å². The summed E-state index contributed by atoms with van der Waals surface area (Å²) in [5.41, 5.74) is 8.70. The number of ether oxygens (including phenoxy) is 1. The number of aliphatic hydroxyl groups excluding tert-OH is 1. The second-order valence-corrected chi connectivity index (χ2v) is 12.8. The third-order valence-corrected chi connectivity index (χ3v) is 8.07. The maximum atomic E-state index is 13.1. The van der Waals surface area contributed by atoms with E-state index in [1.807, 2.05) is 19.9 Å². The molecule has 0 aromatic heterocycles. The molecule has 0 bridgehead atoms. The van der Waals surface area contributed by atoms with Gasteiger partial charge in [-0.15, -0.1) is 0 Å². The number of benzene rings is 3. The summed E-state index contributed by atoms with van der Waals surface area (Å²) in [6.45, 7) is 5.68. The smallest absolute Gasteiger partial charge is 0.294 e. The molecular formula is C29H39FN2O8S2. The molecule has 3 aromatic rings. The van der Waals surface area contributed by atoms with Gasteiger partial charge in [-0.05, 0) is 75.1 Å². The summed E-state index contributed by atoms with van der Waals surface area (Å²) in [4.78, 5) is -0.133. The molecule has 232 valence electrons. The Kier molecular flexibility index (Phi) is 14.2. The first-order chi connectivity index (χ1) is 19.6. The van der Waals surface area contributed by atoms with Crippen molar-refractivity contribution in [1.82, 2.24) is 5.32 Å². The van der Waals surface area contributed by atoms with Gasteiger partial charge in [0.1, 0.15) is 5.82 Å². The minimum Gasteiger partial charge on any atom is -0.390 e. The highest BCUT2D eigenvalue weighted by Gasteiger charge is 2.19. The first-order valence-electron chi connectivity index (χ1n) is 13.2. The molecule has 0 unspecified atom stereocenters. The molecule has 3 aromatic carbocycles. The van der Waals surface area contributed by atoms with Crippen LogP contribution in [0.4, 0.5) is 4.39 Å². The summed E-state index contributed by atoms with van der Waals surface area (Å²) in [7, 11) is -8.04. The number of rotatable bonds is 8. The number of halogens is 1. The van der Waals surface area contributed by atoms with Crippen molar-refractivity contribution in [2.24, 2.45) is 5.73 Å². The van der Waals surface area contributed by atoms with E-state index >= 15 is 0 Å². The van der Waals surface area contributed by atoms with E-state index in [1.165, 1.54) is 36.4 Å². The first kappa shape index (κ1) is 35.4. The summed E-state index contributed by atoms with van der Waals surface area (Å²) in [5, 5.41) is 13.4. The van der Waals surface area contributed by atoms with Gasteiger partial charge >= 0.3 is 0 Å². The molecule has 0 saturated carbocycles. The number of hydrogen-bond donors (Lipinski definition) is 5. The lowest BCUT2D eigenvalue weighted by Gasteiger charge is -2.26. The Morgan fingerprint density at radius 2 is 1.36 bits per heavy atom. The zero-order chi connectivity index (χ0) is 31.3. The molecule has 4 rings (SSSR count). The van der Waals surface area contributed by atoms with E-state index in [0.717, 1.165) is 42.7 Å². The summed E-state index contributed by atoms with van der Waals surface area (Å²) < 4.78 is 77.5. The van der Waals surface area contributed by atoms with Crippen molar-refractivity contribution >= 4 is 20.2 Å². The Balaban J connectivity index is 0.000000239. The second-order valence-electron chi connectivity index (χ2n) is 9.94. The molecule has 0 aliphatic carbocycles. The molecule has 0 spiro atoms. The number of aliphatic hydroxyl groups is 1. The molecular weight excluding hydrogens is 587 g/mol. The quantitative estimate of drug-likeness (QED) is 0.233. The number of hydrogen-bond acceptors (Lipinski definition) is 8. The third kappa shape index (κ3) is 13.5. The molecule has 1 aliphatic heterocycles. The van der Waals surface area contributed by atoms with E-state index in [9.17, 15) is 26.3 Å². The molecule has 1 fully saturated rings. The monoisotopic (exact) mass is 626 g/mol. The van der Waals surface area contributed by atoms with Gasteiger partial charge in [-0.2, -0.15) is 16.8 Å². The third-order valence-electron chi connectivity index (χ3n) is 6.33. The average Bonchev–Trinajstić information content (AvgIpc) is 2.92. The fraction of sp³-hybridized carbons (Fsp3) is 0.379. The van der Waals surface area contributed by atoms with Crippen molar-refractivity contribution in [3.63, 3.8) is 0 Å².